The maximum absolute atomic E-state index is 12.3. The molecule has 3 rings (SSSR count). The number of carbonyl (C=O) groups excluding carboxylic acids is 1. The standard InChI is InChI=1S/C15H26N2O2/c1-15(7-4-8-19-15)10-16-14(18)13-9-11-5-2-3-6-12(11)17-13/h11-13,17H,2-10H2,1H3,(H,16,18). The molecule has 0 aromatic heterocycles. The van der Waals surface area contributed by atoms with E-state index in [0.29, 0.717) is 12.6 Å². The number of amides is 1. The Hall–Kier alpha value is -0.610. The fraction of sp³-hybridized carbons (Fsp3) is 0.933. The van der Waals surface area contributed by atoms with Gasteiger partial charge in [-0.05, 0) is 44.9 Å². The second-order valence-corrected chi connectivity index (χ2v) is 6.73. The molecule has 0 aromatic carbocycles. The minimum Gasteiger partial charge on any atom is -0.373 e. The Balaban J connectivity index is 1.48. The van der Waals surface area contributed by atoms with E-state index in [2.05, 4.69) is 17.6 Å². The van der Waals surface area contributed by atoms with Crippen LogP contribution in [-0.2, 0) is 9.53 Å². The van der Waals surface area contributed by atoms with Crippen LogP contribution in [0, 0.1) is 5.92 Å². The summed E-state index contributed by atoms with van der Waals surface area (Å²) in [7, 11) is 0. The minimum atomic E-state index is -0.138. The van der Waals surface area contributed by atoms with Crippen molar-refractivity contribution in [2.75, 3.05) is 13.2 Å². The first-order valence-corrected chi connectivity index (χ1v) is 7.84. The summed E-state index contributed by atoms with van der Waals surface area (Å²) in [5, 5.41) is 6.62. The van der Waals surface area contributed by atoms with Gasteiger partial charge in [0.25, 0.3) is 0 Å². The van der Waals surface area contributed by atoms with E-state index in [0.717, 1.165) is 31.8 Å². The van der Waals surface area contributed by atoms with Gasteiger partial charge in [-0.25, -0.2) is 0 Å². The average Bonchev–Trinajstić information content (AvgIpc) is 3.02. The first-order chi connectivity index (χ1) is 9.16. The molecule has 4 nitrogen and oxygen atoms in total. The molecule has 0 radical (unpaired) electrons. The van der Waals surface area contributed by atoms with E-state index in [1.54, 1.807) is 0 Å². The van der Waals surface area contributed by atoms with Crippen LogP contribution < -0.4 is 10.6 Å². The number of nitrogens with one attached hydrogen (secondary N) is 2. The minimum absolute atomic E-state index is 0.0260. The zero-order valence-corrected chi connectivity index (χ0v) is 11.9. The summed E-state index contributed by atoms with van der Waals surface area (Å²) >= 11 is 0. The lowest BCUT2D eigenvalue weighted by Crippen LogP contribution is -2.47. The van der Waals surface area contributed by atoms with Gasteiger partial charge in [-0.2, -0.15) is 0 Å². The topological polar surface area (TPSA) is 50.4 Å². The molecule has 2 N–H and O–H groups in total. The van der Waals surface area contributed by atoms with E-state index in [1.165, 1.54) is 25.7 Å². The maximum Gasteiger partial charge on any atom is 0.237 e. The predicted octanol–water partition coefficient (Wildman–Crippen LogP) is 1.59. The molecule has 108 valence electrons. The third-order valence-electron chi connectivity index (χ3n) is 5.12. The molecule has 3 aliphatic rings. The third-order valence-corrected chi connectivity index (χ3v) is 5.12. The summed E-state index contributed by atoms with van der Waals surface area (Å²) in [6, 6.07) is 0.612. The molecular weight excluding hydrogens is 240 g/mol. The Morgan fingerprint density at radius 1 is 1.37 bits per heavy atom. The van der Waals surface area contributed by atoms with Crippen LogP contribution in [0.4, 0.5) is 0 Å². The quantitative estimate of drug-likeness (QED) is 0.815. The molecule has 0 bridgehead atoms. The Morgan fingerprint density at radius 2 is 2.21 bits per heavy atom. The number of carbonyl (C=O) groups is 1. The fourth-order valence-corrected chi connectivity index (χ4v) is 3.89. The number of rotatable bonds is 3. The van der Waals surface area contributed by atoms with Gasteiger partial charge in [-0.3, -0.25) is 4.79 Å². The van der Waals surface area contributed by atoms with Crippen LogP contribution in [0.5, 0.6) is 0 Å². The van der Waals surface area contributed by atoms with Crippen LogP contribution in [-0.4, -0.2) is 36.7 Å². The van der Waals surface area contributed by atoms with Gasteiger partial charge in [0.2, 0.25) is 5.91 Å². The van der Waals surface area contributed by atoms with Gasteiger partial charge in [0.05, 0.1) is 11.6 Å². The number of ether oxygens (including phenoxy) is 1. The number of hydrogen-bond acceptors (Lipinski definition) is 3. The SMILES string of the molecule is CC1(CNC(=O)C2CC3CCCCC3N2)CCCO1. The van der Waals surface area contributed by atoms with Crippen molar-refractivity contribution in [1.29, 1.82) is 0 Å². The highest BCUT2D eigenvalue weighted by Crippen LogP contribution is 2.33. The maximum atomic E-state index is 12.3. The average molecular weight is 266 g/mol. The molecule has 3 fully saturated rings. The van der Waals surface area contributed by atoms with Crippen LogP contribution in [0.2, 0.25) is 0 Å². The molecule has 4 heteroatoms. The molecule has 2 aliphatic heterocycles. The normalized spacial score (nSPS) is 42.1. The van der Waals surface area contributed by atoms with E-state index < -0.39 is 0 Å². The monoisotopic (exact) mass is 266 g/mol. The molecule has 2 saturated heterocycles. The molecule has 4 atom stereocenters. The van der Waals surface area contributed by atoms with Gasteiger partial charge in [0.1, 0.15) is 0 Å². The zero-order valence-electron chi connectivity index (χ0n) is 11.9. The lowest BCUT2D eigenvalue weighted by atomic mass is 9.85. The Bertz CT molecular complexity index is 325. The van der Waals surface area contributed by atoms with Crippen LogP contribution in [0.3, 0.4) is 0 Å². The molecule has 1 aliphatic carbocycles. The molecule has 2 heterocycles. The van der Waals surface area contributed by atoms with Crippen LogP contribution in [0.15, 0.2) is 0 Å². The Kier molecular flexibility index (Phi) is 3.81. The van der Waals surface area contributed by atoms with Gasteiger partial charge in [-0.1, -0.05) is 12.8 Å². The molecule has 1 amide bonds. The van der Waals surface area contributed by atoms with Crippen molar-refractivity contribution in [2.45, 2.75) is 69.6 Å². The van der Waals surface area contributed by atoms with Crippen LogP contribution in [0.1, 0.15) is 51.9 Å². The van der Waals surface area contributed by atoms with E-state index in [4.69, 9.17) is 4.74 Å². The highest BCUT2D eigenvalue weighted by molar-refractivity contribution is 5.82. The van der Waals surface area contributed by atoms with E-state index in [9.17, 15) is 4.79 Å². The zero-order chi connectivity index (χ0) is 13.3. The highest BCUT2D eigenvalue weighted by atomic mass is 16.5. The highest BCUT2D eigenvalue weighted by Gasteiger charge is 2.39. The van der Waals surface area contributed by atoms with Gasteiger partial charge >= 0.3 is 0 Å². The van der Waals surface area contributed by atoms with Gasteiger partial charge < -0.3 is 15.4 Å². The van der Waals surface area contributed by atoms with Crippen LogP contribution >= 0.6 is 0 Å². The first kappa shape index (κ1) is 13.4. The Labute approximate surface area is 115 Å². The van der Waals surface area contributed by atoms with Crippen molar-refractivity contribution in [3.8, 4) is 0 Å². The molecule has 4 unspecified atom stereocenters. The molecule has 1 saturated carbocycles. The molecular formula is C15H26N2O2. The summed E-state index contributed by atoms with van der Waals surface area (Å²) in [6.07, 6.45) is 8.37. The predicted molar refractivity (Wildman–Crippen MR) is 73.9 cm³/mol. The summed E-state index contributed by atoms with van der Waals surface area (Å²) in [5.41, 5.74) is -0.138. The number of fused-ring (bicyclic) bond motifs is 1. The lowest BCUT2D eigenvalue weighted by Gasteiger charge is -2.25. The molecule has 0 spiro atoms. The van der Waals surface area contributed by atoms with E-state index >= 15 is 0 Å². The van der Waals surface area contributed by atoms with Crippen molar-refractivity contribution in [3.63, 3.8) is 0 Å². The summed E-state index contributed by atoms with van der Waals surface area (Å²) < 4.78 is 5.71. The van der Waals surface area contributed by atoms with Crippen molar-refractivity contribution in [3.05, 3.63) is 0 Å². The van der Waals surface area contributed by atoms with E-state index in [1.807, 2.05) is 0 Å². The first-order valence-electron chi connectivity index (χ1n) is 7.84. The molecule has 19 heavy (non-hydrogen) atoms. The number of hydrogen-bond donors (Lipinski definition) is 2. The second-order valence-electron chi connectivity index (χ2n) is 6.73. The van der Waals surface area contributed by atoms with Gasteiger partial charge in [0.15, 0.2) is 0 Å². The van der Waals surface area contributed by atoms with Gasteiger partial charge in [-0.15, -0.1) is 0 Å². The fourth-order valence-electron chi connectivity index (χ4n) is 3.89. The summed E-state index contributed by atoms with van der Waals surface area (Å²) in [5.74, 6) is 0.897. The van der Waals surface area contributed by atoms with Crippen molar-refractivity contribution in [2.24, 2.45) is 5.92 Å². The van der Waals surface area contributed by atoms with E-state index in [-0.39, 0.29) is 17.6 Å². The Morgan fingerprint density at radius 3 is 2.95 bits per heavy atom. The summed E-state index contributed by atoms with van der Waals surface area (Å²) in [6.45, 7) is 3.58. The van der Waals surface area contributed by atoms with Crippen molar-refractivity contribution < 1.29 is 9.53 Å². The largest absolute Gasteiger partial charge is 0.373 e. The van der Waals surface area contributed by atoms with Crippen LogP contribution in [0.25, 0.3) is 0 Å². The van der Waals surface area contributed by atoms with Crippen molar-refractivity contribution >= 4 is 5.91 Å². The second kappa shape index (κ2) is 5.41. The third kappa shape index (κ3) is 2.95. The smallest absolute Gasteiger partial charge is 0.237 e. The van der Waals surface area contributed by atoms with Gasteiger partial charge in [0, 0.05) is 19.2 Å². The van der Waals surface area contributed by atoms with Crippen molar-refractivity contribution in [1.82, 2.24) is 10.6 Å². The molecule has 0 aromatic rings. The summed E-state index contributed by atoms with van der Waals surface area (Å²) in [4.78, 5) is 12.3. The lowest BCUT2D eigenvalue weighted by molar-refractivity contribution is -0.124.